The fourth-order valence-corrected chi connectivity index (χ4v) is 2.31. The van der Waals surface area contributed by atoms with Crippen LogP contribution in [0.4, 0.5) is 0 Å². The van der Waals surface area contributed by atoms with Crippen LogP contribution in [0.2, 0.25) is 0 Å². The van der Waals surface area contributed by atoms with E-state index in [1.54, 1.807) is 0 Å². The molecule has 1 aromatic carbocycles. The van der Waals surface area contributed by atoms with Gasteiger partial charge in [0.15, 0.2) is 0 Å². The van der Waals surface area contributed by atoms with Crippen molar-refractivity contribution in [3.8, 4) is 0 Å². The quantitative estimate of drug-likeness (QED) is 0.846. The summed E-state index contributed by atoms with van der Waals surface area (Å²) >= 11 is 1.07. The Labute approximate surface area is 96.9 Å². The van der Waals surface area contributed by atoms with E-state index in [0.29, 0.717) is 5.04 Å². The summed E-state index contributed by atoms with van der Waals surface area (Å²) < 4.78 is 0. The largest absolute Gasteiger partial charge is 0.370 e. The third-order valence-electron chi connectivity index (χ3n) is 2.16. The summed E-state index contributed by atoms with van der Waals surface area (Å²) in [6.07, 6.45) is -0.0117. The molecule has 0 radical (unpaired) electrons. The molecule has 2 rings (SSSR count). The van der Waals surface area contributed by atoms with Crippen molar-refractivity contribution in [2.45, 2.75) is 12.5 Å². The molecule has 1 atom stereocenters. The molecule has 2 N–H and O–H groups in total. The van der Waals surface area contributed by atoms with Gasteiger partial charge in [-0.2, -0.15) is 0 Å². The zero-order chi connectivity index (χ0) is 11.5. The van der Waals surface area contributed by atoms with Crippen LogP contribution in [0.1, 0.15) is 12.0 Å². The minimum atomic E-state index is -0.613. The Balaban J connectivity index is 2.20. The number of nitrogens with zero attached hydrogens (tertiary/aromatic N) is 1. The van der Waals surface area contributed by atoms with Crippen molar-refractivity contribution in [3.63, 3.8) is 0 Å². The van der Waals surface area contributed by atoms with Crippen molar-refractivity contribution < 1.29 is 9.59 Å². The van der Waals surface area contributed by atoms with Crippen LogP contribution in [-0.2, 0) is 9.59 Å². The van der Waals surface area contributed by atoms with Gasteiger partial charge in [0.2, 0.25) is 11.0 Å². The van der Waals surface area contributed by atoms with Gasteiger partial charge in [0.25, 0.3) is 0 Å². The van der Waals surface area contributed by atoms with Crippen LogP contribution in [0.5, 0.6) is 0 Å². The smallest absolute Gasteiger partial charge is 0.220 e. The van der Waals surface area contributed by atoms with Crippen LogP contribution in [-0.4, -0.2) is 22.1 Å². The average Bonchev–Trinajstić information content (AvgIpc) is 2.61. The fraction of sp³-hybridized carbons (Fsp3) is 0.182. The predicted molar refractivity (Wildman–Crippen MR) is 63.2 cm³/mol. The number of benzene rings is 1. The molecule has 0 saturated carbocycles. The molecular weight excluding hydrogens is 224 g/mol. The van der Waals surface area contributed by atoms with Gasteiger partial charge in [-0.05, 0) is 11.8 Å². The topological polar surface area (TPSA) is 72.5 Å². The number of hydrogen-bond donors (Lipinski definition) is 1. The molecule has 16 heavy (non-hydrogen) atoms. The highest BCUT2D eigenvalue weighted by atomic mass is 32.2. The minimum absolute atomic E-state index is 0.0117. The first-order valence-electron chi connectivity index (χ1n) is 4.80. The SMILES string of the molecule is NC(=O)C[C@H]1N=C(c2ccccc2)SC1=O. The van der Waals surface area contributed by atoms with E-state index in [2.05, 4.69) is 4.99 Å². The molecule has 0 aromatic heterocycles. The van der Waals surface area contributed by atoms with E-state index in [1.165, 1.54) is 0 Å². The molecule has 5 heteroatoms. The molecule has 0 unspecified atom stereocenters. The molecule has 1 aliphatic rings. The van der Waals surface area contributed by atoms with E-state index in [4.69, 9.17) is 5.73 Å². The van der Waals surface area contributed by atoms with Gasteiger partial charge in [-0.3, -0.25) is 14.6 Å². The first-order valence-corrected chi connectivity index (χ1v) is 5.61. The zero-order valence-corrected chi connectivity index (χ0v) is 9.24. The fourth-order valence-electron chi connectivity index (χ4n) is 1.42. The second kappa shape index (κ2) is 4.49. The number of thioether (sulfide) groups is 1. The van der Waals surface area contributed by atoms with Crippen LogP contribution < -0.4 is 5.73 Å². The van der Waals surface area contributed by atoms with Crippen molar-refractivity contribution in [2.24, 2.45) is 10.7 Å². The molecule has 0 aliphatic carbocycles. The van der Waals surface area contributed by atoms with E-state index in [9.17, 15) is 9.59 Å². The lowest BCUT2D eigenvalue weighted by atomic mass is 10.2. The zero-order valence-electron chi connectivity index (χ0n) is 8.42. The Kier molecular flexibility index (Phi) is 3.05. The molecule has 0 bridgehead atoms. The average molecular weight is 234 g/mol. The summed E-state index contributed by atoms with van der Waals surface area (Å²) in [5, 5.41) is 0.550. The van der Waals surface area contributed by atoms with Gasteiger partial charge in [-0.1, -0.05) is 30.3 Å². The van der Waals surface area contributed by atoms with Crippen LogP contribution in [0.3, 0.4) is 0 Å². The summed E-state index contributed by atoms with van der Waals surface area (Å²) in [7, 11) is 0. The molecule has 0 saturated heterocycles. The van der Waals surface area contributed by atoms with Gasteiger partial charge >= 0.3 is 0 Å². The van der Waals surface area contributed by atoms with Gasteiger partial charge in [-0.15, -0.1) is 0 Å². The molecule has 1 amide bonds. The maximum Gasteiger partial charge on any atom is 0.220 e. The maximum atomic E-state index is 11.5. The lowest BCUT2D eigenvalue weighted by molar-refractivity contribution is -0.121. The lowest BCUT2D eigenvalue weighted by Gasteiger charge is -1.98. The maximum absolute atomic E-state index is 11.5. The van der Waals surface area contributed by atoms with Gasteiger partial charge < -0.3 is 5.73 Å². The van der Waals surface area contributed by atoms with Crippen molar-refractivity contribution in [3.05, 3.63) is 35.9 Å². The first kappa shape index (κ1) is 10.9. The number of rotatable bonds is 3. The molecule has 82 valence electrons. The standard InChI is InChI=1S/C11H10N2O2S/c12-9(14)6-8-11(15)16-10(13-8)7-4-2-1-3-5-7/h1-5,8H,6H2,(H2,12,14)/t8-/m1/s1. The lowest BCUT2D eigenvalue weighted by Crippen LogP contribution is -2.21. The van der Waals surface area contributed by atoms with E-state index in [1.807, 2.05) is 30.3 Å². The van der Waals surface area contributed by atoms with Crippen LogP contribution in [0.15, 0.2) is 35.3 Å². The van der Waals surface area contributed by atoms with Gasteiger partial charge in [0.1, 0.15) is 11.1 Å². The summed E-state index contributed by atoms with van der Waals surface area (Å²) in [5.74, 6) is -0.503. The van der Waals surface area contributed by atoms with E-state index in [0.717, 1.165) is 17.3 Å². The summed E-state index contributed by atoms with van der Waals surface area (Å²) in [6, 6.07) is 8.80. The second-order valence-electron chi connectivity index (χ2n) is 3.41. The minimum Gasteiger partial charge on any atom is -0.370 e. The Hall–Kier alpha value is -1.62. The van der Waals surface area contributed by atoms with Crippen LogP contribution in [0, 0.1) is 0 Å². The number of nitrogens with two attached hydrogens (primary N) is 1. The van der Waals surface area contributed by atoms with Crippen LogP contribution >= 0.6 is 11.8 Å². The molecule has 1 aromatic rings. The van der Waals surface area contributed by atoms with Crippen LogP contribution in [0.25, 0.3) is 0 Å². The van der Waals surface area contributed by atoms with E-state index < -0.39 is 11.9 Å². The van der Waals surface area contributed by atoms with Gasteiger partial charge in [-0.25, -0.2) is 0 Å². The van der Waals surface area contributed by atoms with Crippen molar-refractivity contribution in [2.75, 3.05) is 0 Å². The molecule has 1 heterocycles. The Morgan fingerprint density at radius 3 is 2.69 bits per heavy atom. The Morgan fingerprint density at radius 1 is 1.38 bits per heavy atom. The number of carbonyl (C=O) groups excluding carboxylic acids is 2. The molecule has 1 aliphatic heterocycles. The summed E-state index contributed by atoms with van der Waals surface area (Å²) in [6.45, 7) is 0. The van der Waals surface area contributed by atoms with Crippen molar-refractivity contribution >= 4 is 27.8 Å². The van der Waals surface area contributed by atoms with E-state index in [-0.39, 0.29) is 11.5 Å². The summed E-state index contributed by atoms with van der Waals surface area (Å²) in [4.78, 5) is 26.5. The first-order chi connectivity index (χ1) is 7.66. The highest BCUT2D eigenvalue weighted by Gasteiger charge is 2.29. The highest BCUT2D eigenvalue weighted by molar-refractivity contribution is 8.27. The molecule has 4 nitrogen and oxygen atoms in total. The van der Waals surface area contributed by atoms with E-state index >= 15 is 0 Å². The number of carbonyl (C=O) groups is 2. The Bertz CT molecular complexity index is 456. The van der Waals surface area contributed by atoms with Crippen molar-refractivity contribution in [1.82, 2.24) is 0 Å². The van der Waals surface area contributed by atoms with Gasteiger partial charge in [0, 0.05) is 5.56 Å². The molecule has 0 spiro atoms. The van der Waals surface area contributed by atoms with Gasteiger partial charge in [0.05, 0.1) is 6.42 Å². The number of primary amides is 1. The third-order valence-corrected chi connectivity index (χ3v) is 3.17. The predicted octanol–water partition coefficient (Wildman–Crippen LogP) is 0.951. The highest BCUT2D eigenvalue weighted by Crippen LogP contribution is 2.26. The van der Waals surface area contributed by atoms with Crippen molar-refractivity contribution in [1.29, 1.82) is 0 Å². The number of aliphatic imine (C=N–C) groups is 1. The normalized spacial score (nSPS) is 19.6. The molecular formula is C11H10N2O2S. The summed E-state index contributed by atoms with van der Waals surface area (Å²) in [5.41, 5.74) is 5.95. The number of hydrogen-bond acceptors (Lipinski definition) is 4. The second-order valence-corrected chi connectivity index (χ2v) is 4.40. The Morgan fingerprint density at radius 2 is 2.06 bits per heavy atom. The number of amides is 1. The monoisotopic (exact) mass is 234 g/mol. The third kappa shape index (κ3) is 2.30. The molecule has 0 fully saturated rings.